The molecule has 1 unspecified atom stereocenters. The summed E-state index contributed by atoms with van der Waals surface area (Å²) in [7, 11) is 1.94. The molecule has 1 heterocycles. The van der Waals surface area contributed by atoms with Crippen molar-refractivity contribution in [2.45, 2.75) is 19.5 Å². The predicted octanol–water partition coefficient (Wildman–Crippen LogP) is 2.86. The molecule has 1 aromatic carbocycles. The lowest BCUT2D eigenvalue weighted by Gasteiger charge is -2.27. The van der Waals surface area contributed by atoms with Gasteiger partial charge in [0.1, 0.15) is 5.82 Å². The largest absolute Gasteiger partial charge is 0.472 e. The molecule has 19 heavy (non-hydrogen) atoms. The first-order valence-electron chi connectivity index (χ1n) is 6.29. The molecular weight excluding hydrogens is 243 g/mol. The van der Waals surface area contributed by atoms with Crippen molar-refractivity contribution in [3.63, 3.8) is 0 Å². The van der Waals surface area contributed by atoms with Gasteiger partial charge in [0.25, 0.3) is 0 Å². The summed E-state index contributed by atoms with van der Waals surface area (Å²) in [5.74, 6) is -0.208. The van der Waals surface area contributed by atoms with Crippen LogP contribution in [-0.2, 0) is 6.54 Å². The van der Waals surface area contributed by atoms with Gasteiger partial charge in [-0.3, -0.25) is 4.90 Å². The van der Waals surface area contributed by atoms with Gasteiger partial charge in [-0.15, -0.1) is 0 Å². The lowest BCUT2D eigenvalue weighted by molar-refractivity contribution is 0.236. The van der Waals surface area contributed by atoms with Crippen LogP contribution in [0.25, 0.3) is 0 Å². The third-order valence-electron chi connectivity index (χ3n) is 3.28. The molecule has 0 saturated heterocycles. The summed E-state index contributed by atoms with van der Waals surface area (Å²) in [6.07, 6.45) is 3.32. The molecular formula is C15H19FN2O. The Balaban J connectivity index is 2.21. The minimum absolute atomic E-state index is 0.144. The highest BCUT2D eigenvalue weighted by atomic mass is 19.1. The van der Waals surface area contributed by atoms with Crippen molar-refractivity contribution in [2.24, 2.45) is 5.73 Å². The van der Waals surface area contributed by atoms with Gasteiger partial charge in [-0.1, -0.05) is 17.7 Å². The third kappa shape index (κ3) is 3.22. The van der Waals surface area contributed by atoms with Gasteiger partial charge in [0.15, 0.2) is 0 Å². The number of hydrogen-bond donors (Lipinski definition) is 1. The van der Waals surface area contributed by atoms with Gasteiger partial charge in [-0.05, 0) is 26.1 Å². The number of halogens is 1. The van der Waals surface area contributed by atoms with E-state index in [2.05, 4.69) is 0 Å². The maximum atomic E-state index is 13.9. The van der Waals surface area contributed by atoms with Crippen molar-refractivity contribution in [2.75, 3.05) is 13.6 Å². The Morgan fingerprint density at radius 2 is 2.16 bits per heavy atom. The van der Waals surface area contributed by atoms with E-state index in [0.717, 1.165) is 11.1 Å². The number of hydrogen-bond acceptors (Lipinski definition) is 3. The maximum Gasteiger partial charge on any atom is 0.128 e. The molecule has 0 bridgehead atoms. The van der Waals surface area contributed by atoms with E-state index in [-0.39, 0.29) is 11.9 Å². The minimum atomic E-state index is -0.208. The molecule has 2 N–H and O–H groups in total. The Bertz CT molecular complexity index is 525. The van der Waals surface area contributed by atoms with Gasteiger partial charge in [0.05, 0.1) is 12.5 Å². The fourth-order valence-electron chi connectivity index (χ4n) is 2.24. The summed E-state index contributed by atoms with van der Waals surface area (Å²) in [6.45, 7) is 2.99. The molecule has 0 spiro atoms. The van der Waals surface area contributed by atoms with Crippen LogP contribution >= 0.6 is 0 Å². The number of benzene rings is 1. The number of furan rings is 1. The van der Waals surface area contributed by atoms with E-state index in [0.29, 0.717) is 18.7 Å². The second-order valence-corrected chi connectivity index (χ2v) is 4.82. The number of aryl methyl sites for hydroxylation is 1. The molecule has 0 amide bonds. The molecule has 0 aliphatic carbocycles. The van der Waals surface area contributed by atoms with E-state index in [1.807, 2.05) is 31.0 Å². The van der Waals surface area contributed by atoms with Crippen molar-refractivity contribution in [3.8, 4) is 0 Å². The molecule has 1 atom stereocenters. The van der Waals surface area contributed by atoms with E-state index >= 15 is 0 Å². The van der Waals surface area contributed by atoms with Crippen LogP contribution in [0.5, 0.6) is 0 Å². The van der Waals surface area contributed by atoms with Crippen molar-refractivity contribution >= 4 is 0 Å². The summed E-state index contributed by atoms with van der Waals surface area (Å²) < 4.78 is 19.0. The molecule has 4 heteroatoms. The third-order valence-corrected chi connectivity index (χ3v) is 3.28. The molecule has 3 nitrogen and oxygen atoms in total. The van der Waals surface area contributed by atoms with Crippen LogP contribution in [0.15, 0.2) is 41.2 Å². The highest BCUT2D eigenvalue weighted by Crippen LogP contribution is 2.24. The van der Waals surface area contributed by atoms with E-state index in [1.165, 1.54) is 6.07 Å². The van der Waals surface area contributed by atoms with Crippen LogP contribution in [0.1, 0.15) is 22.7 Å². The number of nitrogens with two attached hydrogens (primary N) is 1. The summed E-state index contributed by atoms with van der Waals surface area (Å²) >= 11 is 0. The van der Waals surface area contributed by atoms with Crippen LogP contribution in [0.3, 0.4) is 0 Å². The van der Waals surface area contributed by atoms with Crippen molar-refractivity contribution in [1.82, 2.24) is 4.90 Å². The number of likely N-dealkylation sites (N-methyl/N-ethyl adjacent to an activating group) is 1. The van der Waals surface area contributed by atoms with Gasteiger partial charge in [0, 0.05) is 30.3 Å². The van der Waals surface area contributed by atoms with Crippen molar-refractivity contribution in [3.05, 3.63) is 59.3 Å². The van der Waals surface area contributed by atoms with E-state index in [9.17, 15) is 4.39 Å². The van der Waals surface area contributed by atoms with E-state index in [4.69, 9.17) is 10.2 Å². The normalized spacial score (nSPS) is 12.9. The van der Waals surface area contributed by atoms with Gasteiger partial charge in [-0.2, -0.15) is 0 Å². The quantitative estimate of drug-likeness (QED) is 0.901. The van der Waals surface area contributed by atoms with Crippen LogP contribution in [0, 0.1) is 12.7 Å². The summed E-state index contributed by atoms with van der Waals surface area (Å²) in [6, 6.07) is 6.88. The number of nitrogens with zero attached hydrogens (tertiary/aromatic N) is 1. The topological polar surface area (TPSA) is 42.4 Å². The lowest BCUT2D eigenvalue weighted by atomic mass is 10.0. The molecule has 2 rings (SSSR count). The SMILES string of the molecule is Cc1ccc(F)c(C(CN)N(C)Cc2ccoc2)c1. The first-order chi connectivity index (χ1) is 9.11. The van der Waals surface area contributed by atoms with Crippen LogP contribution in [-0.4, -0.2) is 18.5 Å². The van der Waals surface area contributed by atoms with Crippen molar-refractivity contribution < 1.29 is 8.81 Å². The molecule has 102 valence electrons. The van der Waals surface area contributed by atoms with Crippen LogP contribution < -0.4 is 5.73 Å². The Hall–Kier alpha value is -1.65. The zero-order chi connectivity index (χ0) is 13.8. The molecule has 2 aromatic rings. The van der Waals surface area contributed by atoms with Crippen molar-refractivity contribution in [1.29, 1.82) is 0 Å². The molecule has 0 fully saturated rings. The fraction of sp³-hybridized carbons (Fsp3) is 0.333. The highest BCUT2D eigenvalue weighted by Gasteiger charge is 2.19. The first-order valence-corrected chi connectivity index (χ1v) is 6.29. The van der Waals surface area contributed by atoms with E-state index < -0.39 is 0 Å². The van der Waals surface area contributed by atoms with Gasteiger partial charge in [-0.25, -0.2) is 4.39 Å². The Kier molecular flexibility index (Phi) is 4.35. The zero-order valence-corrected chi connectivity index (χ0v) is 11.3. The Morgan fingerprint density at radius 1 is 1.37 bits per heavy atom. The molecule has 0 saturated carbocycles. The average molecular weight is 262 g/mol. The fourth-order valence-corrected chi connectivity index (χ4v) is 2.24. The van der Waals surface area contributed by atoms with Gasteiger partial charge < -0.3 is 10.2 Å². The molecule has 1 aromatic heterocycles. The molecule has 0 aliphatic rings. The van der Waals surface area contributed by atoms with Gasteiger partial charge in [0.2, 0.25) is 0 Å². The number of rotatable bonds is 5. The van der Waals surface area contributed by atoms with Gasteiger partial charge >= 0.3 is 0 Å². The highest BCUT2D eigenvalue weighted by molar-refractivity contribution is 5.27. The summed E-state index contributed by atoms with van der Waals surface area (Å²) in [5.41, 5.74) is 8.55. The Morgan fingerprint density at radius 3 is 2.79 bits per heavy atom. The second kappa shape index (κ2) is 5.99. The van der Waals surface area contributed by atoms with Crippen LogP contribution in [0.2, 0.25) is 0 Å². The zero-order valence-electron chi connectivity index (χ0n) is 11.3. The maximum absolute atomic E-state index is 13.9. The molecule has 0 aliphatic heterocycles. The first kappa shape index (κ1) is 13.8. The standard InChI is InChI=1S/C15H19FN2O/c1-11-3-4-14(16)13(7-11)15(8-17)18(2)9-12-5-6-19-10-12/h3-7,10,15H,8-9,17H2,1-2H3. The Labute approximate surface area is 112 Å². The predicted molar refractivity (Wildman–Crippen MR) is 73.1 cm³/mol. The van der Waals surface area contributed by atoms with E-state index in [1.54, 1.807) is 18.6 Å². The average Bonchev–Trinajstić information content (AvgIpc) is 2.87. The molecule has 0 radical (unpaired) electrons. The summed E-state index contributed by atoms with van der Waals surface area (Å²) in [4.78, 5) is 2.03. The monoisotopic (exact) mass is 262 g/mol. The lowest BCUT2D eigenvalue weighted by Crippen LogP contribution is -2.30. The second-order valence-electron chi connectivity index (χ2n) is 4.82. The smallest absolute Gasteiger partial charge is 0.128 e. The minimum Gasteiger partial charge on any atom is -0.472 e. The summed E-state index contributed by atoms with van der Waals surface area (Å²) in [5, 5.41) is 0. The van der Waals surface area contributed by atoms with Crippen LogP contribution in [0.4, 0.5) is 4.39 Å².